The van der Waals surface area contributed by atoms with Crippen LogP contribution in [0.4, 0.5) is 0 Å². The van der Waals surface area contributed by atoms with E-state index in [2.05, 4.69) is 10.2 Å². The summed E-state index contributed by atoms with van der Waals surface area (Å²) in [5, 5.41) is 9.85. The van der Waals surface area contributed by atoms with Crippen LogP contribution in [0.25, 0.3) is 0 Å². The number of amides is 1. The minimum atomic E-state index is -0.390. The third kappa shape index (κ3) is 5.98. The summed E-state index contributed by atoms with van der Waals surface area (Å²) in [5.74, 6) is 1.21. The molecule has 29 heavy (non-hydrogen) atoms. The van der Waals surface area contributed by atoms with Gasteiger partial charge in [0, 0.05) is 6.42 Å². The highest BCUT2D eigenvalue weighted by Gasteiger charge is 2.15. The predicted molar refractivity (Wildman–Crippen MR) is 116 cm³/mol. The standard InChI is InChI=1S/C21H23ClN4O2S/c1-14(2)28-18-9-8-16(10-17(18)22)11-20-24-25-21(29-13-19(23)27)26(20)12-15-6-4-3-5-7-15/h3-10,14H,11-13H2,1-2H3,(H2,23,27). The Labute approximate surface area is 179 Å². The first-order valence-electron chi connectivity index (χ1n) is 9.24. The van der Waals surface area contributed by atoms with Crippen molar-refractivity contribution in [2.75, 3.05) is 5.75 Å². The first-order chi connectivity index (χ1) is 13.9. The van der Waals surface area contributed by atoms with Gasteiger partial charge in [-0.15, -0.1) is 10.2 Å². The Bertz CT molecular complexity index is 976. The van der Waals surface area contributed by atoms with E-state index in [1.165, 1.54) is 11.8 Å². The fourth-order valence-electron chi connectivity index (χ4n) is 2.80. The molecular weight excluding hydrogens is 408 g/mol. The molecule has 0 aliphatic heterocycles. The highest BCUT2D eigenvalue weighted by Crippen LogP contribution is 2.28. The summed E-state index contributed by atoms with van der Waals surface area (Å²) in [6, 6.07) is 15.8. The van der Waals surface area contributed by atoms with Crippen LogP contribution >= 0.6 is 23.4 Å². The molecule has 0 atom stereocenters. The van der Waals surface area contributed by atoms with Gasteiger partial charge in [-0.1, -0.05) is 59.8 Å². The molecule has 0 spiro atoms. The van der Waals surface area contributed by atoms with Crippen LogP contribution in [0.1, 0.15) is 30.8 Å². The van der Waals surface area contributed by atoms with E-state index in [0.29, 0.717) is 28.9 Å². The van der Waals surface area contributed by atoms with Gasteiger partial charge in [0.25, 0.3) is 0 Å². The van der Waals surface area contributed by atoms with Gasteiger partial charge in [0.15, 0.2) is 5.16 Å². The molecule has 1 heterocycles. The zero-order chi connectivity index (χ0) is 20.8. The van der Waals surface area contributed by atoms with Gasteiger partial charge in [-0.05, 0) is 37.1 Å². The second-order valence-corrected chi connectivity index (χ2v) is 8.18. The molecule has 0 bridgehead atoms. The zero-order valence-electron chi connectivity index (χ0n) is 16.3. The Hall–Kier alpha value is -2.51. The number of hydrogen-bond donors (Lipinski definition) is 1. The Morgan fingerprint density at radius 3 is 2.59 bits per heavy atom. The fraction of sp³-hybridized carbons (Fsp3) is 0.286. The molecule has 6 nitrogen and oxygen atoms in total. The van der Waals surface area contributed by atoms with Crippen molar-refractivity contribution in [2.45, 2.75) is 38.1 Å². The van der Waals surface area contributed by atoms with E-state index in [1.807, 2.05) is 66.9 Å². The van der Waals surface area contributed by atoms with Gasteiger partial charge in [-0.2, -0.15) is 0 Å². The molecule has 0 fully saturated rings. The number of carbonyl (C=O) groups is 1. The number of ether oxygens (including phenoxy) is 1. The number of hydrogen-bond acceptors (Lipinski definition) is 5. The molecule has 0 unspecified atom stereocenters. The van der Waals surface area contributed by atoms with Crippen LogP contribution in [-0.4, -0.2) is 32.5 Å². The Morgan fingerprint density at radius 2 is 1.93 bits per heavy atom. The highest BCUT2D eigenvalue weighted by molar-refractivity contribution is 7.99. The molecule has 8 heteroatoms. The smallest absolute Gasteiger partial charge is 0.227 e. The zero-order valence-corrected chi connectivity index (χ0v) is 17.9. The summed E-state index contributed by atoms with van der Waals surface area (Å²) in [7, 11) is 0. The fourth-order valence-corrected chi connectivity index (χ4v) is 3.75. The lowest BCUT2D eigenvalue weighted by molar-refractivity contribution is -0.115. The van der Waals surface area contributed by atoms with Crippen molar-refractivity contribution in [1.29, 1.82) is 0 Å². The summed E-state index contributed by atoms with van der Waals surface area (Å²) < 4.78 is 7.71. The van der Waals surface area contributed by atoms with Crippen molar-refractivity contribution in [1.82, 2.24) is 14.8 Å². The van der Waals surface area contributed by atoms with Crippen molar-refractivity contribution in [3.05, 3.63) is 70.5 Å². The Kier molecular flexibility index (Phi) is 7.17. The van der Waals surface area contributed by atoms with Crippen LogP contribution in [-0.2, 0) is 17.8 Å². The van der Waals surface area contributed by atoms with Gasteiger partial charge >= 0.3 is 0 Å². The highest BCUT2D eigenvalue weighted by atomic mass is 35.5. The third-order valence-electron chi connectivity index (χ3n) is 4.04. The topological polar surface area (TPSA) is 83.0 Å². The van der Waals surface area contributed by atoms with E-state index < -0.39 is 5.91 Å². The lowest BCUT2D eigenvalue weighted by Gasteiger charge is -2.13. The molecule has 1 amide bonds. The maximum Gasteiger partial charge on any atom is 0.227 e. The molecule has 152 valence electrons. The quantitative estimate of drug-likeness (QED) is 0.520. The Morgan fingerprint density at radius 1 is 1.17 bits per heavy atom. The molecular formula is C21H23ClN4O2S. The summed E-state index contributed by atoms with van der Waals surface area (Å²) in [5.41, 5.74) is 7.41. The number of nitrogens with two attached hydrogens (primary N) is 1. The van der Waals surface area contributed by atoms with E-state index in [0.717, 1.165) is 17.0 Å². The predicted octanol–water partition coefficient (Wildman–Crippen LogP) is 3.94. The monoisotopic (exact) mass is 430 g/mol. The van der Waals surface area contributed by atoms with E-state index >= 15 is 0 Å². The number of rotatable bonds is 9. The summed E-state index contributed by atoms with van der Waals surface area (Å²) in [6.07, 6.45) is 0.607. The molecule has 0 saturated heterocycles. The van der Waals surface area contributed by atoms with E-state index in [9.17, 15) is 4.79 Å². The summed E-state index contributed by atoms with van der Waals surface area (Å²) in [4.78, 5) is 11.2. The van der Waals surface area contributed by atoms with E-state index in [-0.39, 0.29) is 11.9 Å². The van der Waals surface area contributed by atoms with Crippen LogP contribution in [0.5, 0.6) is 5.75 Å². The average molecular weight is 431 g/mol. The van der Waals surface area contributed by atoms with Gasteiger partial charge in [0.1, 0.15) is 11.6 Å². The molecule has 0 aliphatic rings. The van der Waals surface area contributed by atoms with E-state index in [1.54, 1.807) is 0 Å². The lowest BCUT2D eigenvalue weighted by atomic mass is 10.1. The second-order valence-electron chi connectivity index (χ2n) is 6.83. The SMILES string of the molecule is CC(C)Oc1ccc(Cc2nnc(SCC(N)=O)n2Cc2ccccc2)cc1Cl. The summed E-state index contributed by atoms with van der Waals surface area (Å²) in [6.45, 7) is 4.52. The molecule has 0 aliphatic carbocycles. The first kappa shape index (κ1) is 21.2. The number of benzene rings is 2. The third-order valence-corrected chi connectivity index (χ3v) is 5.33. The van der Waals surface area contributed by atoms with Gasteiger partial charge in [-0.25, -0.2) is 0 Å². The Balaban J connectivity index is 1.86. The van der Waals surface area contributed by atoms with Crippen LogP contribution in [0, 0.1) is 0 Å². The van der Waals surface area contributed by atoms with Crippen molar-refractivity contribution < 1.29 is 9.53 Å². The minimum absolute atomic E-state index is 0.0529. The van der Waals surface area contributed by atoms with Crippen molar-refractivity contribution in [3.8, 4) is 5.75 Å². The van der Waals surface area contributed by atoms with Gasteiger partial charge in [0.2, 0.25) is 5.91 Å². The van der Waals surface area contributed by atoms with Crippen LogP contribution in [0.15, 0.2) is 53.7 Å². The van der Waals surface area contributed by atoms with Crippen LogP contribution in [0.2, 0.25) is 5.02 Å². The van der Waals surface area contributed by atoms with Gasteiger partial charge in [-0.3, -0.25) is 4.79 Å². The molecule has 1 aromatic heterocycles. The number of halogens is 1. The largest absolute Gasteiger partial charge is 0.489 e. The van der Waals surface area contributed by atoms with Crippen molar-refractivity contribution in [3.63, 3.8) is 0 Å². The van der Waals surface area contributed by atoms with Crippen molar-refractivity contribution in [2.24, 2.45) is 5.73 Å². The maximum absolute atomic E-state index is 11.2. The molecule has 3 aromatic rings. The minimum Gasteiger partial charge on any atom is -0.489 e. The molecule has 2 aromatic carbocycles. The van der Waals surface area contributed by atoms with Crippen molar-refractivity contribution >= 4 is 29.3 Å². The number of primary amides is 1. The average Bonchev–Trinajstić information content (AvgIpc) is 3.04. The number of nitrogens with zero attached hydrogens (tertiary/aromatic N) is 3. The maximum atomic E-state index is 11.2. The van der Waals surface area contributed by atoms with Crippen LogP contribution in [0.3, 0.4) is 0 Å². The molecule has 2 N–H and O–H groups in total. The molecule has 0 saturated carbocycles. The first-order valence-corrected chi connectivity index (χ1v) is 10.6. The van der Waals surface area contributed by atoms with E-state index in [4.69, 9.17) is 22.1 Å². The molecule has 3 rings (SSSR count). The number of aromatic nitrogens is 3. The second kappa shape index (κ2) is 9.80. The normalized spacial score (nSPS) is 11.0. The van der Waals surface area contributed by atoms with Crippen LogP contribution < -0.4 is 10.5 Å². The van der Waals surface area contributed by atoms with Gasteiger partial charge in [0.05, 0.1) is 23.4 Å². The summed E-state index contributed by atoms with van der Waals surface area (Å²) >= 11 is 7.66. The lowest BCUT2D eigenvalue weighted by Crippen LogP contribution is -2.14. The molecule has 0 radical (unpaired) electrons. The number of thioether (sulfide) groups is 1. The number of carbonyl (C=O) groups excluding carboxylic acids is 1. The van der Waals surface area contributed by atoms with Gasteiger partial charge < -0.3 is 15.0 Å².